The number of nitrogens with one attached hydrogen (secondary N) is 1. The number of oxazole rings is 1. The van der Waals surface area contributed by atoms with Gasteiger partial charge in [-0.05, 0) is 17.7 Å². The van der Waals surface area contributed by atoms with E-state index in [9.17, 15) is 9.59 Å². The molecule has 6 nitrogen and oxygen atoms in total. The Hall–Kier alpha value is -2.08. The Morgan fingerprint density at radius 2 is 2.33 bits per heavy atom. The Kier molecular flexibility index (Phi) is 3.47. The molecule has 0 saturated heterocycles. The van der Waals surface area contributed by atoms with Gasteiger partial charge >= 0.3 is 11.7 Å². The lowest BCUT2D eigenvalue weighted by Gasteiger charge is -2.13. The number of H-pyrrole nitrogens is 1. The first-order valence-corrected chi connectivity index (χ1v) is 5.43. The van der Waals surface area contributed by atoms with Crippen LogP contribution in [0.1, 0.15) is 17.9 Å². The van der Waals surface area contributed by atoms with Crippen molar-refractivity contribution in [2.24, 2.45) is 0 Å². The smallest absolute Gasteiger partial charge is 0.417 e. The summed E-state index contributed by atoms with van der Waals surface area (Å²) in [7, 11) is 1.52. The molecule has 0 radical (unpaired) electrons. The number of hydrogen-bond acceptors (Lipinski definition) is 4. The molecule has 0 fully saturated rings. The maximum Gasteiger partial charge on any atom is 0.417 e. The Bertz CT molecular complexity index is 612. The van der Waals surface area contributed by atoms with Gasteiger partial charge in [-0.1, -0.05) is 6.07 Å². The van der Waals surface area contributed by atoms with Crippen LogP contribution in [0.4, 0.5) is 0 Å². The third-order valence-electron chi connectivity index (χ3n) is 2.70. The van der Waals surface area contributed by atoms with Crippen LogP contribution in [0.25, 0.3) is 11.1 Å². The fraction of sp³-hybridized carbons (Fsp3) is 0.333. The molecule has 0 saturated carbocycles. The van der Waals surface area contributed by atoms with E-state index in [1.165, 1.54) is 7.11 Å². The first-order valence-electron chi connectivity index (χ1n) is 5.43. The maximum absolute atomic E-state index is 11.0. The monoisotopic (exact) mass is 251 g/mol. The van der Waals surface area contributed by atoms with E-state index in [1.54, 1.807) is 18.2 Å². The van der Waals surface area contributed by atoms with Gasteiger partial charge in [-0.2, -0.15) is 0 Å². The van der Waals surface area contributed by atoms with E-state index in [-0.39, 0.29) is 12.3 Å². The predicted molar refractivity (Wildman–Crippen MR) is 63.7 cm³/mol. The van der Waals surface area contributed by atoms with Crippen molar-refractivity contribution in [2.75, 3.05) is 13.7 Å². The number of carboxylic acids is 1. The van der Waals surface area contributed by atoms with Crippen LogP contribution in [-0.4, -0.2) is 29.8 Å². The van der Waals surface area contributed by atoms with E-state index in [0.29, 0.717) is 17.7 Å². The Morgan fingerprint density at radius 1 is 1.56 bits per heavy atom. The van der Waals surface area contributed by atoms with Crippen LogP contribution in [0.5, 0.6) is 0 Å². The molecule has 0 bridgehead atoms. The summed E-state index contributed by atoms with van der Waals surface area (Å²) in [4.78, 5) is 24.4. The number of aromatic nitrogens is 1. The van der Waals surface area contributed by atoms with Crippen LogP contribution in [0.15, 0.2) is 27.4 Å². The molecule has 1 aromatic heterocycles. The predicted octanol–water partition coefficient (Wildman–Crippen LogP) is 1.33. The van der Waals surface area contributed by atoms with Gasteiger partial charge in [0, 0.05) is 13.0 Å². The van der Waals surface area contributed by atoms with Gasteiger partial charge < -0.3 is 14.3 Å². The second-order valence-corrected chi connectivity index (χ2v) is 4.02. The number of rotatable bonds is 5. The summed E-state index contributed by atoms with van der Waals surface area (Å²) >= 11 is 0. The lowest BCUT2D eigenvalue weighted by Crippen LogP contribution is -2.11. The summed E-state index contributed by atoms with van der Waals surface area (Å²) in [6.07, 6.45) is -0.0264. The van der Waals surface area contributed by atoms with Crippen molar-refractivity contribution >= 4 is 17.1 Å². The minimum atomic E-state index is -0.891. The van der Waals surface area contributed by atoms with E-state index < -0.39 is 11.7 Å². The van der Waals surface area contributed by atoms with E-state index in [1.807, 2.05) is 0 Å². The number of carbonyl (C=O) groups is 1. The summed E-state index contributed by atoms with van der Waals surface area (Å²) in [6.45, 7) is 0.305. The van der Waals surface area contributed by atoms with Gasteiger partial charge in [-0.25, -0.2) is 4.79 Å². The Balaban J connectivity index is 2.36. The molecule has 0 amide bonds. The average Bonchev–Trinajstić information content (AvgIpc) is 2.66. The zero-order valence-corrected chi connectivity index (χ0v) is 9.80. The molecular formula is C12H13NO5. The number of ether oxygens (including phenoxy) is 1. The molecule has 0 aliphatic carbocycles. The Labute approximate surface area is 102 Å². The number of fused-ring (bicyclic) bond motifs is 1. The minimum absolute atomic E-state index is 0.0264. The summed E-state index contributed by atoms with van der Waals surface area (Å²) < 4.78 is 9.90. The minimum Gasteiger partial charge on any atom is -0.481 e. The van der Waals surface area contributed by atoms with Crippen molar-refractivity contribution in [1.29, 1.82) is 0 Å². The molecule has 2 N–H and O–H groups in total. The molecule has 1 heterocycles. The van der Waals surface area contributed by atoms with Gasteiger partial charge in [-0.15, -0.1) is 0 Å². The second kappa shape index (κ2) is 5.05. The van der Waals surface area contributed by atoms with Crippen molar-refractivity contribution in [3.8, 4) is 0 Å². The van der Waals surface area contributed by atoms with Crippen molar-refractivity contribution in [3.63, 3.8) is 0 Å². The normalized spacial score (nSPS) is 12.7. The molecule has 0 aliphatic rings. The zero-order valence-electron chi connectivity index (χ0n) is 9.80. The Morgan fingerprint density at radius 3 is 3.00 bits per heavy atom. The molecule has 6 heteroatoms. The maximum atomic E-state index is 11.0. The number of carboxylic acid groups (broad SMARTS) is 1. The SMILES string of the molecule is COCC(CC(=O)O)c1ccc2oc(=O)[nH]c2c1. The second-order valence-electron chi connectivity index (χ2n) is 4.02. The summed E-state index contributed by atoms with van der Waals surface area (Å²) in [5.74, 6) is -1.67. The lowest BCUT2D eigenvalue weighted by molar-refractivity contribution is -0.137. The van der Waals surface area contributed by atoms with Crippen LogP contribution >= 0.6 is 0 Å². The van der Waals surface area contributed by atoms with Crippen molar-refractivity contribution in [2.45, 2.75) is 12.3 Å². The quantitative estimate of drug-likeness (QED) is 0.836. The fourth-order valence-electron chi connectivity index (χ4n) is 1.91. The molecular weight excluding hydrogens is 238 g/mol. The van der Waals surface area contributed by atoms with Crippen LogP contribution < -0.4 is 5.76 Å². The molecule has 0 aliphatic heterocycles. The number of aliphatic carboxylic acids is 1. The van der Waals surface area contributed by atoms with E-state index in [4.69, 9.17) is 14.3 Å². The largest absolute Gasteiger partial charge is 0.481 e. The van der Waals surface area contributed by atoms with Gasteiger partial charge in [0.1, 0.15) is 0 Å². The van der Waals surface area contributed by atoms with Crippen molar-refractivity contribution in [3.05, 3.63) is 34.3 Å². The van der Waals surface area contributed by atoms with Gasteiger partial charge in [-0.3, -0.25) is 9.78 Å². The molecule has 2 rings (SSSR count). The van der Waals surface area contributed by atoms with Gasteiger partial charge in [0.05, 0.1) is 18.5 Å². The highest BCUT2D eigenvalue weighted by atomic mass is 16.5. The van der Waals surface area contributed by atoms with E-state index in [0.717, 1.165) is 5.56 Å². The van der Waals surface area contributed by atoms with Crippen molar-refractivity contribution < 1.29 is 19.1 Å². The molecule has 18 heavy (non-hydrogen) atoms. The third-order valence-corrected chi connectivity index (χ3v) is 2.70. The highest BCUT2D eigenvalue weighted by molar-refractivity contribution is 5.74. The van der Waals surface area contributed by atoms with Crippen LogP contribution in [0.3, 0.4) is 0 Å². The first kappa shape index (κ1) is 12.4. The van der Waals surface area contributed by atoms with Crippen LogP contribution in [-0.2, 0) is 9.53 Å². The van der Waals surface area contributed by atoms with Gasteiger partial charge in [0.25, 0.3) is 0 Å². The molecule has 96 valence electrons. The summed E-state index contributed by atoms with van der Waals surface area (Å²) in [5.41, 5.74) is 1.81. The highest BCUT2D eigenvalue weighted by Crippen LogP contribution is 2.23. The van der Waals surface area contributed by atoms with Crippen LogP contribution in [0.2, 0.25) is 0 Å². The molecule has 1 aromatic carbocycles. The number of benzene rings is 1. The lowest BCUT2D eigenvalue weighted by atomic mass is 9.96. The number of methoxy groups -OCH3 is 1. The summed E-state index contributed by atoms with van der Waals surface area (Å²) in [5, 5.41) is 8.86. The van der Waals surface area contributed by atoms with Gasteiger partial charge in [0.15, 0.2) is 5.58 Å². The fourth-order valence-corrected chi connectivity index (χ4v) is 1.91. The standard InChI is InChI=1S/C12H13NO5/c1-17-6-8(5-11(14)15)7-2-3-10-9(4-7)13-12(16)18-10/h2-4,8H,5-6H2,1H3,(H,13,16)(H,14,15). The average molecular weight is 251 g/mol. The van der Waals surface area contributed by atoms with Gasteiger partial charge in [0.2, 0.25) is 0 Å². The van der Waals surface area contributed by atoms with Crippen molar-refractivity contribution in [1.82, 2.24) is 4.98 Å². The third kappa shape index (κ3) is 2.60. The van der Waals surface area contributed by atoms with E-state index >= 15 is 0 Å². The van der Waals surface area contributed by atoms with Crippen LogP contribution in [0, 0.1) is 0 Å². The first-order chi connectivity index (χ1) is 8.60. The number of aromatic amines is 1. The molecule has 1 atom stereocenters. The highest BCUT2D eigenvalue weighted by Gasteiger charge is 2.16. The number of hydrogen-bond donors (Lipinski definition) is 2. The molecule has 1 unspecified atom stereocenters. The zero-order chi connectivity index (χ0) is 13.1. The topological polar surface area (TPSA) is 92.5 Å². The summed E-state index contributed by atoms with van der Waals surface area (Å²) in [6, 6.07) is 5.10. The van der Waals surface area contributed by atoms with E-state index in [2.05, 4.69) is 4.98 Å². The molecule has 0 spiro atoms. The molecule has 2 aromatic rings.